The fourth-order valence-corrected chi connectivity index (χ4v) is 3.50. The Kier molecular flexibility index (Phi) is 3.38. The molecular weight excluding hydrogens is 310 g/mol. The summed E-state index contributed by atoms with van der Waals surface area (Å²) in [6.45, 7) is 3.54. The monoisotopic (exact) mass is 329 g/mol. The van der Waals surface area contributed by atoms with Gasteiger partial charge in [0.2, 0.25) is 0 Å². The van der Waals surface area contributed by atoms with Crippen molar-refractivity contribution >= 4 is 22.1 Å². The van der Waals surface area contributed by atoms with E-state index in [2.05, 4.69) is 50.9 Å². The minimum Gasteiger partial charge on any atom is -0.340 e. The van der Waals surface area contributed by atoms with Crippen LogP contribution in [-0.2, 0) is 13.1 Å². The molecule has 0 fully saturated rings. The number of nitrogens with zero attached hydrogens (tertiary/aromatic N) is 4. The van der Waals surface area contributed by atoms with Crippen molar-refractivity contribution in [2.24, 2.45) is 0 Å². The lowest BCUT2D eigenvalue weighted by atomic mass is 10.3. The van der Waals surface area contributed by atoms with E-state index in [9.17, 15) is 0 Å². The largest absolute Gasteiger partial charge is 0.340 e. The van der Waals surface area contributed by atoms with Gasteiger partial charge in [0, 0.05) is 13.1 Å². The summed E-state index contributed by atoms with van der Waals surface area (Å²) in [5.74, 6) is 2.05. The zero-order chi connectivity index (χ0) is 16.6. The van der Waals surface area contributed by atoms with Crippen molar-refractivity contribution in [2.45, 2.75) is 13.1 Å². The average molecular weight is 329 g/mol. The Morgan fingerprint density at radius 3 is 2.44 bits per heavy atom. The smallest absolute Gasteiger partial charge is 0.127 e. The van der Waals surface area contributed by atoms with Crippen molar-refractivity contribution in [2.75, 3.05) is 13.1 Å². The highest BCUT2D eigenvalue weighted by atomic mass is 15.2. The fraction of sp³-hybridized carbons (Fsp3) is 0.200. The number of nitrogens with one attached hydrogen (secondary N) is 1. The van der Waals surface area contributed by atoms with E-state index in [1.807, 2.05) is 24.3 Å². The predicted molar refractivity (Wildman–Crippen MR) is 99.3 cm³/mol. The molecule has 1 aliphatic heterocycles. The molecule has 0 atom stereocenters. The number of para-hydroxylation sites is 4. The Morgan fingerprint density at radius 1 is 0.840 bits per heavy atom. The maximum atomic E-state index is 4.88. The van der Waals surface area contributed by atoms with Crippen LogP contribution in [0.25, 0.3) is 22.1 Å². The third-order valence-corrected chi connectivity index (χ3v) is 4.74. The van der Waals surface area contributed by atoms with Crippen LogP contribution >= 0.6 is 0 Å². The molecule has 124 valence electrons. The van der Waals surface area contributed by atoms with Gasteiger partial charge in [-0.25, -0.2) is 9.97 Å². The summed E-state index contributed by atoms with van der Waals surface area (Å²) in [5.41, 5.74) is 4.28. The third-order valence-electron chi connectivity index (χ3n) is 4.74. The summed E-state index contributed by atoms with van der Waals surface area (Å²) in [7, 11) is 0. The van der Waals surface area contributed by atoms with Gasteiger partial charge >= 0.3 is 0 Å². The molecule has 3 heterocycles. The molecule has 0 radical (unpaired) electrons. The molecule has 0 aliphatic carbocycles. The number of H-pyrrole nitrogens is 1. The van der Waals surface area contributed by atoms with E-state index < -0.39 is 0 Å². The first-order valence-electron chi connectivity index (χ1n) is 8.62. The lowest BCUT2D eigenvalue weighted by Gasteiger charge is -2.15. The van der Waals surface area contributed by atoms with Crippen LogP contribution in [0.4, 0.5) is 0 Å². The number of aromatic amines is 1. The van der Waals surface area contributed by atoms with E-state index >= 15 is 0 Å². The number of aromatic nitrogens is 4. The first-order valence-corrected chi connectivity index (χ1v) is 8.62. The SMILES string of the molecule is C1=CCN(Cc2nc3ccccc3n2Cc2nc3ccccc3[nH]2)C1. The molecule has 1 aliphatic rings. The summed E-state index contributed by atoms with van der Waals surface area (Å²) < 4.78 is 2.28. The summed E-state index contributed by atoms with van der Waals surface area (Å²) in [4.78, 5) is 15.4. The van der Waals surface area contributed by atoms with Crippen LogP contribution in [0, 0.1) is 0 Å². The Hall–Kier alpha value is -2.92. The van der Waals surface area contributed by atoms with Crippen LogP contribution in [0.2, 0.25) is 0 Å². The van der Waals surface area contributed by atoms with E-state index in [0.717, 1.165) is 53.3 Å². The summed E-state index contributed by atoms with van der Waals surface area (Å²) in [6, 6.07) is 16.5. The van der Waals surface area contributed by atoms with Crippen LogP contribution in [0.5, 0.6) is 0 Å². The van der Waals surface area contributed by atoms with Gasteiger partial charge < -0.3 is 9.55 Å². The quantitative estimate of drug-likeness (QED) is 0.584. The lowest BCUT2D eigenvalue weighted by molar-refractivity contribution is 0.331. The fourth-order valence-electron chi connectivity index (χ4n) is 3.50. The Balaban J connectivity index is 1.55. The van der Waals surface area contributed by atoms with Gasteiger partial charge in [-0.15, -0.1) is 0 Å². The van der Waals surface area contributed by atoms with Gasteiger partial charge in [-0.2, -0.15) is 0 Å². The molecule has 5 heteroatoms. The van der Waals surface area contributed by atoms with E-state index in [4.69, 9.17) is 9.97 Å². The van der Waals surface area contributed by atoms with Gasteiger partial charge in [-0.1, -0.05) is 36.4 Å². The number of imidazole rings is 2. The van der Waals surface area contributed by atoms with Gasteiger partial charge in [-0.3, -0.25) is 4.90 Å². The molecular formula is C20H19N5. The van der Waals surface area contributed by atoms with Crippen LogP contribution in [0.1, 0.15) is 11.6 Å². The summed E-state index contributed by atoms with van der Waals surface area (Å²) in [5, 5.41) is 0. The zero-order valence-corrected chi connectivity index (χ0v) is 13.9. The van der Waals surface area contributed by atoms with E-state index in [1.165, 1.54) is 0 Å². The molecule has 0 saturated heterocycles. The lowest BCUT2D eigenvalue weighted by Crippen LogP contribution is -2.22. The molecule has 25 heavy (non-hydrogen) atoms. The first kappa shape index (κ1) is 14.4. The van der Waals surface area contributed by atoms with Crippen LogP contribution in [-0.4, -0.2) is 37.5 Å². The minimum atomic E-state index is 0.700. The highest BCUT2D eigenvalue weighted by Gasteiger charge is 2.16. The van der Waals surface area contributed by atoms with Crippen LogP contribution < -0.4 is 0 Å². The minimum absolute atomic E-state index is 0.700. The van der Waals surface area contributed by atoms with Crippen molar-refractivity contribution in [1.29, 1.82) is 0 Å². The molecule has 1 N–H and O–H groups in total. The Morgan fingerprint density at radius 2 is 1.60 bits per heavy atom. The predicted octanol–water partition coefficient (Wildman–Crippen LogP) is 3.33. The van der Waals surface area contributed by atoms with Gasteiger partial charge in [0.15, 0.2) is 0 Å². The van der Waals surface area contributed by atoms with Crippen molar-refractivity contribution in [1.82, 2.24) is 24.4 Å². The van der Waals surface area contributed by atoms with E-state index in [0.29, 0.717) is 6.54 Å². The van der Waals surface area contributed by atoms with E-state index in [1.54, 1.807) is 0 Å². The molecule has 0 bridgehead atoms. The Labute approximate surface area is 145 Å². The van der Waals surface area contributed by atoms with Gasteiger partial charge in [-0.05, 0) is 24.3 Å². The van der Waals surface area contributed by atoms with Gasteiger partial charge in [0.1, 0.15) is 11.6 Å². The standard InChI is InChI=1S/C20H19N5/c1-2-8-16-15(7-1)21-19(22-16)13-25-18-10-4-3-9-17(18)23-20(25)14-24-11-5-6-12-24/h1-10H,11-14H2,(H,21,22). The molecule has 0 amide bonds. The molecule has 2 aromatic carbocycles. The highest BCUT2D eigenvalue weighted by molar-refractivity contribution is 5.77. The number of hydrogen-bond acceptors (Lipinski definition) is 3. The number of rotatable bonds is 4. The summed E-state index contributed by atoms with van der Waals surface area (Å²) in [6.07, 6.45) is 4.43. The number of benzene rings is 2. The molecule has 5 nitrogen and oxygen atoms in total. The van der Waals surface area contributed by atoms with Crippen LogP contribution in [0.15, 0.2) is 60.7 Å². The molecule has 0 spiro atoms. The van der Waals surface area contributed by atoms with Crippen molar-refractivity contribution in [3.05, 3.63) is 72.3 Å². The Bertz CT molecular complexity index is 1030. The topological polar surface area (TPSA) is 49.7 Å². The molecule has 0 saturated carbocycles. The van der Waals surface area contributed by atoms with Crippen molar-refractivity contribution < 1.29 is 0 Å². The molecule has 5 rings (SSSR count). The second-order valence-corrected chi connectivity index (χ2v) is 6.47. The highest BCUT2D eigenvalue weighted by Crippen LogP contribution is 2.20. The average Bonchev–Trinajstić information content (AvgIpc) is 3.35. The normalized spacial score (nSPS) is 14.9. The summed E-state index contributed by atoms with van der Waals surface area (Å²) >= 11 is 0. The van der Waals surface area contributed by atoms with Gasteiger partial charge in [0.05, 0.1) is 35.2 Å². The van der Waals surface area contributed by atoms with Crippen molar-refractivity contribution in [3.63, 3.8) is 0 Å². The molecule has 4 aromatic rings. The maximum absolute atomic E-state index is 4.88. The number of fused-ring (bicyclic) bond motifs is 2. The first-order chi connectivity index (χ1) is 12.4. The van der Waals surface area contributed by atoms with Crippen LogP contribution in [0.3, 0.4) is 0 Å². The number of hydrogen-bond donors (Lipinski definition) is 1. The zero-order valence-electron chi connectivity index (χ0n) is 13.9. The van der Waals surface area contributed by atoms with E-state index in [-0.39, 0.29) is 0 Å². The van der Waals surface area contributed by atoms with Gasteiger partial charge in [0.25, 0.3) is 0 Å². The second kappa shape index (κ2) is 5.86. The third kappa shape index (κ3) is 2.62. The molecule has 2 aromatic heterocycles. The second-order valence-electron chi connectivity index (χ2n) is 6.47. The molecule has 0 unspecified atom stereocenters. The van der Waals surface area contributed by atoms with Crippen molar-refractivity contribution in [3.8, 4) is 0 Å². The maximum Gasteiger partial charge on any atom is 0.127 e.